The van der Waals surface area contributed by atoms with Gasteiger partial charge in [0.2, 0.25) is 0 Å². The van der Waals surface area contributed by atoms with Gasteiger partial charge >= 0.3 is 0 Å². The molecule has 3 N–H and O–H groups in total. The third-order valence-corrected chi connectivity index (χ3v) is 4.49. The predicted molar refractivity (Wildman–Crippen MR) is 103 cm³/mol. The van der Waals surface area contributed by atoms with E-state index in [9.17, 15) is 4.79 Å². The van der Waals surface area contributed by atoms with E-state index in [0.29, 0.717) is 0 Å². The van der Waals surface area contributed by atoms with Crippen molar-refractivity contribution < 1.29 is 10.0 Å². The highest BCUT2D eigenvalue weighted by Gasteiger charge is 2.22. The minimum atomic E-state index is -0.549. The molecule has 0 aromatic heterocycles. The van der Waals surface area contributed by atoms with Crippen molar-refractivity contribution in [1.29, 1.82) is 0 Å². The molecule has 0 saturated carbocycles. The molecule has 0 aliphatic heterocycles. The number of benzene rings is 3. The topological polar surface area (TPSA) is 61.4 Å². The molecule has 0 fully saturated rings. The van der Waals surface area contributed by atoms with Crippen LogP contribution in [0.25, 0.3) is 0 Å². The number of anilines is 1. The Morgan fingerprint density at radius 2 is 1.50 bits per heavy atom. The summed E-state index contributed by atoms with van der Waals surface area (Å²) in [5.41, 5.74) is 6.91. The molecule has 0 radical (unpaired) electrons. The number of rotatable bonds is 6. The van der Waals surface area contributed by atoms with Crippen molar-refractivity contribution in [1.82, 2.24) is 5.48 Å². The van der Waals surface area contributed by atoms with Crippen molar-refractivity contribution in [3.05, 3.63) is 101 Å². The number of nitrogens with one attached hydrogen (secondary N) is 2. The van der Waals surface area contributed by atoms with E-state index in [1.807, 2.05) is 66.7 Å². The average molecular weight is 346 g/mol. The Kier molecular flexibility index (Phi) is 5.66. The number of hydrogen-bond acceptors (Lipinski definition) is 3. The fourth-order valence-corrected chi connectivity index (χ4v) is 3.00. The average Bonchev–Trinajstić information content (AvgIpc) is 2.69. The van der Waals surface area contributed by atoms with Crippen LogP contribution >= 0.6 is 0 Å². The van der Waals surface area contributed by atoms with Crippen molar-refractivity contribution in [3.8, 4) is 0 Å². The fraction of sp³-hybridized carbons (Fsp3) is 0.136. The van der Waals surface area contributed by atoms with Crippen molar-refractivity contribution in [2.45, 2.75) is 19.4 Å². The quantitative estimate of drug-likeness (QED) is 0.462. The van der Waals surface area contributed by atoms with E-state index in [1.54, 1.807) is 5.48 Å². The molecule has 1 amide bonds. The zero-order valence-corrected chi connectivity index (χ0v) is 14.6. The lowest BCUT2D eigenvalue weighted by Crippen LogP contribution is -2.27. The largest absolute Gasteiger partial charge is 0.381 e. The predicted octanol–water partition coefficient (Wildman–Crippen LogP) is 4.24. The molecular weight excluding hydrogens is 324 g/mol. The van der Waals surface area contributed by atoms with Gasteiger partial charge in [-0.3, -0.25) is 10.0 Å². The SMILES string of the molecule is Cc1ccccc1CNc1ccc(C(C(=O)NO)c2ccccc2)cc1. The minimum Gasteiger partial charge on any atom is -0.381 e. The maximum Gasteiger partial charge on any atom is 0.255 e. The number of hydrogen-bond donors (Lipinski definition) is 3. The van der Waals surface area contributed by atoms with Crippen LogP contribution in [0.2, 0.25) is 0 Å². The number of carbonyl (C=O) groups excluding carboxylic acids is 1. The van der Waals surface area contributed by atoms with Gasteiger partial charge in [0.25, 0.3) is 5.91 Å². The standard InChI is InChI=1S/C22H22N2O2/c1-16-7-5-6-10-19(16)15-23-20-13-11-18(12-14-20)21(22(25)24-26)17-8-3-2-4-9-17/h2-14,21,23,26H,15H2,1H3,(H,24,25). The lowest BCUT2D eigenvalue weighted by molar-refractivity contribution is -0.129. The number of amides is 1. The second-order valence-electron chi connectivity index (χ2n) is 6.22. The van der Waals surface area contributed by atoms with Crippen LogP contribution in [-0.4, -0.2) is 11.1 Å². The number of carbonyl (C=O) groups is 1. The molecule has 1 atom stereocenters. The molecule has 0 spiro atoms. The van der Waals surface area contributed by atoms with Gasteiger partial charge in [0, 0.05) is 12.2 Å². The second kappa shape index (κ2) is 8.32. The summed E-state index contributed by atoms with van der Waals surface area (Å²) >= 11 is 0. The molecule has 3 rings (SSSR count). The molecule has 0 aliphatic rings. The van der Waals surface area contributed by atoms with E-state index < -0.39 is 11.8 Å². The molecule has 132 valence electrons. The van der Waals surface area contributed by atoms with Crippen LogP contribution in [0.5, 0.6) is 0 Å². The summed E-state index contributed by atoms with van der Waals surface area (Å²) in [5, 5.41) is 12.5. The van der Waals surface area contributed by atoms with Crippen LogP contribution in [0.3, 0.4) is 0 Å². The Labute approximate surface area is 153 Å². The summed E-state index contributed by atoms with van der Waals surface area (Å²) in [6, 6.07) is 25.4. The van der Waals surface area contributed by atoms with E-state index in [0.717, 1.165) is 23.4 Å². The van der Waals surface area contributed by atoms with Gasteiger partial charge < -0.3 is 5.32 Å². The Hall–Kier alpha value is -3.11. The highest BCUT2D eigenvalue weighted by Crippen LogP contribution is 2.26. The number of aryl methyl sites for hydroxylation is 1. The van der Waals surface area contributed by atoms with Crippen LogP contribution in [0.15, 0.2) is 78.9 Å². The van der Waals surface area contributed by atoms with E-state index in [2.05, 4.69) is 24.4 Å². The molecule has 3 aromatic rings. The van der Waals surface area contributed by atoms with Crippen molar-refractivity contribution in [2.75, 3.05) is 5.32 Å². The van der Waals surface area contributed by atoms with Crippen LogP contribution in [0, 0.1) is 6.92 Å². The molecular formula is C22H22N2O2. The van der Waals surface area contributed by atoms with E-state index >= 15 is 0 Å². The molecule has 0 bridgehead atoms. The summed E-state index contributed by atoms with van der Waals surface area (Å²) in [5.74, 6) is -0.997. The highest BCUT2D eigenvalue weighted by molar-refractivity contribution is 5.86. The van der Waals surface area contributed by atoms with E-state index in [4.69, 9.17) is 5.21 Å². The van der Waals surface area contributed by atoms with E-state index in [1.165, 1.54) is 11.1 Å². The van der Waals surface area contributed by atoms with Crippen LogP contribution in [0.1, 0.15) is 28.2 Å². The third-order valence-electron chi connectivity index (χ3n) is 4.49. The fourth-order valence-electron chi connectivity index (χ4n) is 3.00. The highest BCUT2D eigenvalue weighted by atomic mass is 16.5. The normalized spacial score (nSPS) is 11.6. The smallest absolute Gasteiger partial charge is 0.255 e. The van der Waals surface area contributed by atoms with Gasteiger partial charge in [0.1, 0.15) is 0 Å². The lowest BCUT2D eigenvalue weighted by Gasteiger charge is -2.16. The minimum absolute atomic E-state index is 0.447. The molecule has 0 heterocycles. The number of hydroxylamine groups is 1. The first kappa shape index (κ1) is 17.7. The van der Waals surface area contributed by atoms with Gasteiger partial charge in [-0.2, -0.15) is 0 Å². The van der Waals surface area contributed by atoms with Gasteiger partial charge in [-0.1, -0.05) is 66.7 Å². The van der Waals surface area contributed by atoms with Gasteiger partial charge in [0.05, 0.1) is 5.92 Å². The molecule has 26 heavy (non-hydrogen) atoms. The Bertz CT molecular complexity index is 861. The Morgan fingerprint density at radius 3 is 2.15 bits per heavy atom. The maximum atomic E-state index is 12.2. The summed E-state index contributed by atoms with van der Waals surface area (Å²) in [6.45, 7) is 2.84. The monoisotopic (exact) mass is 346 g/mol. The molecule has 0 saturated heterocycles. The summed E-state index contributed by atoms with van der Waals surface area (Å²) < 4.78 is 0. The second-order valence-corrected chi connectivity index (χ2v) is 6.22. The molecule has 0 aliphatic carbocycles. The summed E-state index contributed by atoms with van der Waals surface area (Å²) in [7, 11) is 0. The molecule has 4 nitrogen and oxygen atoms in total. The maximum absolute atomic E-state index is 12.2. The molecule has 4 heteroatoms. The van der Waals surface area contributed by atoms with Gasteiger partial charge in [-0.15, -0.1) is 0 Å². The van der Waals surface area contributed by atoms with Crippen LogP contribution in [-0.2, 0) is 11.3 Å². The summed E-state index contributed by atoms with van der Waals surface area (Å²) in [6.07, 6.45) is 0. The zero-order chi connectivity index (χ0) is 18.4. The van der Waals surface area contributed by atoms with Crippen LogP contribution in [0.4, 0.5) is 5.69 Å². The van der Waals surface area contributed by atoms with Gasteiger partial charge in [-0.25, -0.2) is 5.48 Å². The first-order valence-electron chi connectivity index (χ1n) is 8.56. The van der Waals surface area contributed by atoms with E-state index in [-0.39, 0.29) is 0 Å². The van der Waals surface area contributed by atoms with Crippen LogP contribution < -0.4 is 10.8 Å². The van der Waals surface area contributed by atoms with Gasteiger partial charge in [-0.05, 0) is 41.3 Å². The first-order valence-corrected chi connectivity index (χ1v) is 8.56. The summed E-state index contributed by atoms with van der Waals surface area (Å²) in [4.78, 5) is 12.2. The van der Waals surface area contributed by atoms with Crippen molar-refractivity contribution in [2.24, 2.45) is 0 Å². The van der Waals surface area contributed by atoms with Gasteiger partial charge in [0.15, 0.2) is 0 Å². The van der Waals surface area contributed by atoms with Crippen molar-refractivity contribution in [3.63, 3.8) is 0 Å². The third kappa shape index (κ3) is 4.10. The first-order chi connectivity index (χ1) is 12.7. The Balaban J connectivity index is 1.77. The molecule has 3 aromatic carbocycles. The van der Waals surface area contributed by atoms with Crippen molar-refractivity contribution >= 4 is 11.6 Å². The zero-order valence-electron chi connectivity index (χ0n) is 14.6. The Morgan fingerprint density at radius 1 is 0.885 bits per heavy atom. The molecule has 1 unspecified atom stereocenters. The lowest BCUT2D eigenvalue weighted by atomic mass is 9.90.